The molecule has 2 heterocycles. The van der Waals surface area contributed by atoms with Crippen LogP contribution in [0.15, 0.2) is 73.8 Å². The van der Waals surface area contributed by atoms with E-state index in [-0.39, 0.29) is 50.2 Å². The highest BCUT2D eigenvalue weighted by atomic mass is 16.3. The first kappa shape index (κ1) is 33.5. The van der Waals surface area contributed by atoms with Crippen molar-refractivity contribution in [3.8, 4) is 5.75 Å². The topological polar surface area (TPSA) is 200 Å². The second kappa shape index (κ2) is 13.1. The second-order valence-corrected chi connectivity index (χ2v) is 12.1. The number of hydrogen-bond acceptors (Lipinski definition) is 9. The van der Waals surface area contributed by atoms with Gasteiger partial charge in [-0.3, -0.25) is 37.9 Å². The average Bonchev–Trinajstić information content (AvgIpc) is 3.44. The number of fused-ring (bicyclic) bond motifs is 2. The lowest BCUT2D eigenvalue weighted by molar-refractivity contribution is -0.120. The summed E-state index contributed by atoms with van der Waals surface area (Å²) in [6, 6.07) is 10.1. The minimum Gasteiger partial charge on any atom is -0.508 e. The summed E-state index contributed by atoms with van der Waals surface area (Å²) in [6.07, 6.45) is 1.47. The third kappa shape index (κ3) is 5.90. The number of carbonyl (C=O) groups is 3. The minimum atomic E-state index is -1.30. The van der Waals surface area contributed by atoms with E-state index >= 15 is 0 Å². The molecule has 5 aromatic rings. The molecule has 2 amide bonds. The number of anilines is 3. The number of amides is 2. The van der Waals surface area contributed by atoms with Crippen molar-refractivity contribution in [3.63, 3.8) is 0 Å². The van der Waals surface area contributed by atoms with Gasteiger partial charge in [-0.25, -0.2) is 0 Å². The quantitative estimate of drug-likeness (QED) is 0.0936. The lowest BCUT2D eigenvalue weighted by Crippen LogP contribution is -2.40. The molecule has 48 heavy (non-hydrogen) atoms. The standard InChI is InChI=1S/C35H35N5O8/c1-5-17(3)28(16-41)39-32(45)24-14-26-27(15-25(24)33(39)46)35(48)40(34(26)47)29(18(4)6-2)31(44)38-22-12-19(11-20(36)13-22)30(43)37-21-7-9-23(42)10-8-21/h7-18,28-29,42H,5-6,36H2,1-4H3,(H,37,43)(H,38,44)/t17?,18?,28-,29+/m0/s1. The largest absolute Gasteiger partial charge is 0.508 e. The molecule has 3 aromatic carbocycles. The first-order valence-corrected chi connectivity index (χ1v) is 15.5. The van der Waals surface area contributed by atoms with Gasteiger partial charge in [0.05, 0.1) is 27.6 Å². The predicted molar refractivity (Wildman–Crippen MR) is 183 cm³/mol. The first-order valence-electron chi connectivity index (χ1n) is 15.5. The number of hydrogen-bond donors (Lipinski definition) is 4. The molecule has 0 aliphatic carbocycles. The van der Waals surface area contributed by atoms with Crippen molar-refractivity contribution in [2.75, 3.05) is 16.4 Å². The van der Waals surface area contributed by atoms with Crippen molar-refractivity contribution in [1.82, 2.24) is 9.13 Å². The Bertz CT molecular complexity index is 2200. The third-order valence-corrected chi connectivity index (χ3v) is 8.96. The molecular formula is C35H35N5O8. The highest BCUT2D eigenvalue weighted by Crippen LogP contribution is 2.26. The highest BCUT2D eigenvalue weighted by molar-refractivity contribution is 6.06. The normalized spacial score (nSPS) is 14.0. The molecule has 5 N–H and O–H groups in total. The number of carbonyl (C=O) groups excluding carboxylic acids is 3. The van der Waals surface area contributed by atoms with E-state index in [4.69, 9.17) is 5.73 Å². The number of aldehydes is 1. The van der Waals surface area contributed by atoms with Crippen LogP contribution in [0, 0.1) is 11.8 Å². The van der Waals surface area contributed by atoms with Crippen molar-refractivity contribution in [2.24, 2.45) is 11.8 Å². The number of phenolic OH excluding ortho intramolecular Hbond substituents is 1. The molecule has 0 saturated heterocycles. The zero-order chi connectivity index (χ0) is 35.0. The number of nitrogens with two attached hydrogens (primary N) is 1. The van der Waals surface area contributed by atoms with E-state index in [9.17, 15) is 38.7 Å². The molecule has 13 nitrogen and oxygen atoms in total. The van der Waals surface area contributed by atoms with Crippen LogP contribution in [-0.4, -0.2) is 32.3 Å². The molecule has 0 bridgehead atoms. The number of aromatic hydroxyl groups is 1. The van der Waals surface area contributed by atoms with E-state index in [0.29, 0.717) is 24.8 Å². The molecule has 0 aliphatic rings. The Balaban J connectivity index is 1.54. The van der Waals surface area contributed by atoms with Crippen molar-refractivity contribution in [2.45, 2.75) is 52.6 Å². The van der Waals surface area contributed by atoms with Crippen molar-refractivity contribution in [1.29, 1.82) is 0 Å². The van der Waals surface area contributed by atoms with Gasteiger partial charge in [0.25, 0.3) is 28.1 Å². The molecule has 0 fully saturated rings. The van der Waals surface area contributed by atoms with Gasteiger partial charge in [0.1, 0.15) is 18.1 Å². The summed E-state index contributed by atoms with van der Waals surface area (Å²) in [5, 5.41) is 14.4. The highest BCUT2D eigenvalue weighted by Gasteiger charge is 2.32. The van der Waals surface area contributed by atoms with Crippen LogP contribution in [0.3, 0.4) is 0 Å². The maximum Gasteiger partial charge on any atom is 0.262 e. The second-order valence-electron chi connectivity index (χ2n) is 12.1. The molecule has 5 rings (SSSR count). The van der Waals surface area contributed by atoms with E-state index in [2.05, 4.69) is 10.6 Å². The predicted octanol–water partition coefficient (Wildman–Crippen LogP) is 3.46. The number of rotatable bonds is 11. The van der Waals surface area contributed by atoms with Gasteiger partial charge in [-0.15, -0.1) is 0 Å². The molecule has 0 spiro atoms. The smallest absolute Gasteiger partial charge is 0.262 e. The molecule has 248 valence electrons. The molecule has 13 heteroatoms. The Kier molecular flexibility index (Phi) is 9.15. The van der Waals surface area contributed by atoms with Crippen LogP contribution in [0.4, 0.5) is 17.1 Å². The van der Waals surface area contributed by atoms with Crippen molar-refractivity contribution < 1.29 is 19.5 Å². The molecule has 0 aliphatic heterocycles. The maximum atomic E-state index is 13.8. The van der Waals surface area contributed by atoms with Gasteiger partial charge in [0.15, 0.2) is 0 Å². The van der Waals surface area contributed by atoms with Gasteiger partial charge in [-0.2, -0.15) is 0 Å². The summed E-state index contributed by atoms with van der Waals surface area (Å²) in [5.41, 5.74) is 3.76. The molecule has 2 aromatic heterocycles. The molecule has 0 saturated carbocycles. The SMILES string of the molecule is CCC(C)[C@H](C=O)n1c(=O)c2cc3c(=O)n([C@@H](C(=O)Nc4cc(N)cc(C(=O)Nc5ccc(O)cc5)c4)C(C)CC)c(=O)c3cc2c1=O. The van der Waals surface area contributed by atoms with Crippen molar-refractivity contribution in [3.05, 3.63) is 102 Å². The zero-order valence-electron chi connectivity index (χ0n) is 26.8. The lowest BCUT2D eigenvalue weighted by Gasteiger charge is -2.23. The fourth-order valence-electron chi connectivity index (χ4n) is 5.90. The van der Waals surface area contributed by atoms with E-state index in [1.165, 1.54) is 54.6 Å². The number of nitrogens with one attached hydrogen (secondary N) is 2. The minimum absolute atomic E-state index is 0.0263. The van der Waals surface area contributed by atoms with Gasteiger partial charge >= 0.3 is 0 Å². The third-order valence-electron chi connectivity index (χ3n) is 8.96. The van der Waals surface area contributed by atoms with Crippen molar-refractivity contribution >= 4 is 56.7 Å². The number of phenols is 1. The fourth-order valence-corrected chi connectivity index (χ4v) is 5.90. The van der Waals surface area contributed by atoms with Gasteiger partial charge in [-0.05, 0) is 66.4 Å². The van der Waals surface area contributed by atoms with Crippen LogP contribution < -0.4 is 38.6 Å². The Hall–Kier alpha value is -5.85. The molecule has 2 unspecified atom stereocenters. The summed E-state index contributed by atoms with van der Waals surface area (Å²) in [4.78, 5) is 92.9. The fraction of sp³-hybridized carbons (Fsp3) is 0.286. The van der Waals surface area contributed by atoms with E-state index < -0.39 is 52.1 Å². The molecular weight excluding hydrogens is 618 g/mol. The summed E-state index contributed by atoms with van der Waals surface area (Å²) in [7, 11) is 0. The number of nitrogens with zero attached hydrogens (tertiary/aromatic N) is 2. The Labute approximate surface area is 273 Å². The van der Waals surface area contributed by atoms with E-state index in [1.54, 1.807) is 20.8 Å². The monoisotopic (exact) mass is 653 g/mol. The van der Waals surface area contributed by atoms with Crippen LogP contribution in [0.25, 0.3) is 21.5 Å². The Morgan fingerprint density at radius 3 is 1.77 bits per heavy atom. The van der Waals surface area contributed by atoms with Gasteiger partial charge < -0.3 is 26.3 Å². The summed E-state index contributed by atoms with van der Waals surface area (Å²) in [5.74, 6) is -2.07. The van der Waals surface area contributed by atoms with E-state index in [1.807, 2.05) is 6.92 Å². The van der Waals surface area contributed by atoms with Crippen LogP contribution >= 0.6 is 0 Å². The average molecular weight is 654 g/mol. The van der Waals surface area contributed by atoms with Crippen LogP contribution in [0.5, 0.6) is 5.75 Å². The Morgan fingerprint density at radius 1 is 0.750 bits per heavy atom. The van der Waals surface area contributed by atoms with Gasteiger partial charge in [0.2, 0.25) is 5.91 Å². The molecule has 0 radical (unpaired) electrons. The summed E-state index contributed by atoms with van der Waals surface area (Å²) < 4.78 is 1.70. The molecule has 4 atom stereocenters. The van der Waals surface area contributed by atoms with Crippen LogP contribution in [0.2, 0.25) is 0 Å². The number of nitrogen functional groups attached to an aromatic ring is 1. The number of aromatic nitrogens is 2. The summed E-state index contributed by atoms with van der Waals surface area (Å²) in [6.45, 7) is 7.05. The number of benzene rings is 3. The van der Waals surface area contributed by atoms with E-state index in [0.717, 1.165) is 9.13 Å². The van der Waals surface area contributed by atoms with Gasteiger partial charge in [0, 0.05) is 22.6 Å². The Morgan fingerprint density at radius 2 is 1.27 bits per heavy atom. The van der Waals surface area contributed by atoms with Crippen LogP contribution in [-0.2, 0) is 9.59 Å². The lowest BCUT2D eigenvalue weighted by atomic mass is 9.98. The van der Waals surface area contributed by atoms with Gasteiger partial charge in [-0.1, -0.05) is 40.5 Å². The zero-order valence-corrected chi connectivity index (χ0v) is 26.8. The van der Waals surface area contributed by atoms with Crippen LogP contribution in [0.1, 0.15) is 63.0 Å². The maximum absolute atomic E-state index is 13.8. The summed E-state index contributed by atoms with van der Waals surface area (Å²) >= 11 is 0. The first-order chi connectivity index (χ1) is 22.8.